The van der Waals surface area contributed by atoms with Crippen molar-refractivity contribution in [1.82, 2.24) is 9.55 Å². The molecule has 2 aromatic heterocycles. The molecular weight excluding hydrogens is 420 g/mol. The van der Waals surface area contributed by atoms with Crippen molar-refractivity contribution in [3.63, 3.8) is 0 Å². The average Bonchev–Trinajstić information content (AvgIpc) is 3.37. The Morgan fingerprint density at radius 1 is 0.909 bits per heavy atom. The van der Waals surface area contributed by atoms with Gasteiger partial charge in [-0.05, 0) is 30.7 Å². The van der Waals surface area contributed by atoms with Crippen molar-refractivity contribution in [2.75, 3.05) is 14.2 Å². The van der Waals surface area contributed by atoms with Crippen LogP contribution in [-0.4, -0.2) is 58.6 Å². The summed E-state index contributed by atoms with van der Waals surface area (Å²) in [5.74, 6) is 0. The Morgan fingerprint density at radius 2 is 1.64 bits per heavy atom. The van der Waals surface area contributed by atoms with E-state index < -0.39 is 30.8 Å². The maximum Gasteiger partial charge on any atom is 0.188 e. The van der Waals surface area contributed by atoms with Crippen LogP contribution in [-0.2, 0) is 14.2 Å². The molecule has 7 heteroatoms. The number of aliphatic hydroxyl groups is 2. The van der Waals surface area contributed by atoms with Crippen LogP contribution in [0.1, 0.15) is 11.8 Å². The molecular formula is C26H26N2O5. The van der Waals surface area contributed by atoms with Crippen LogP contribution in [0.15, 0.2) is 54.6 Å². The lowest BCUT2D eigenvalue weighted by molar-refractivity contribution is -0.311. The molecule has 5 aromatic rings. The van der Waals surface area contributed by atoms with Gasteiger partial charge >= 0.3 is 0 Å². The zero-order valence-electron chi connectivity index (χ0n) is 18.6. The topological polar surface area (TPSA) is 88.9 Å². The van der Waals surface area contributed by atoms with Gasteiger partial charge in [0.25, 0.3) is 0 Å². The van der Waals surface area contributed by atoms with Gasteiger partial charge in [0.2, 0.25) is 0 Å². The van der Waals surface area contributed by atoms with Gasteiger partial charge in [0.15, 0.2) is 12.5 Å². The normalized spacial score (nSPS) is 26.2. The Bertz CT molecular complexity index is 1500. The van der Waals surface area contributed by atoms with Gasteiger partial charge in [-0.25, -0.2) is 0 Å². The SMILES string of the molecule is CO[C@@H]1OC(n2c3ccccc3c3c(C)cc4c5ccccc5[nH]c4c32)[C@@H](O)[C@H](O)[C@@H]1OC. The third kappa shape index (κ3) is 2.81. The number of aromatic amines is 1. The molecule has 1 aliphatic heterocycles. The Hall–Kier alpha value is -2.94. The first kappa shape index (κ1) is 20.7. The summed E-state index contributed by atoms with van der Waals surface area (Å²) in [5, 5.41) is 26.4. The molecule has 1 aliphatic rings. The van der Waals surface area contributed by atoms with Gasteiger partial charge in [0, 0.05) is 41.3 Å². The van der Waals surface area contributed by atoms with E-state index in [1.807, 2.05) is 34.9 Å². The minimum atomic E-state index is -1.22. The fourth-order valence-corrected chi connectivity index (χ4v) is 5.43. The lowest BCUT2D eigenvalue weighted by atomic mass is 10.0. The fourth-order valence-electron chi connectivity index (χ4n) is 5.43. The number of rotatable bonds is 3. The van der Waals surface area contributed by atoms with Crippen LogP contribution in [0.25, 0.3) is 43.6 Å². The van der Waals surface area contributed by atoms with E-state index in [1.165, 1.54) is 14.2 Å². The summed E-state index contributed by atoms with van der Waals surface area (Å²) in [6, 6.07) is 18.5. The summed E-state index contributed by atoms with van der Waals surface area (Å²) in [7, 11) is 2.97. The number of nitrogens with one attached hydrogen (secondary N) is 1. The van der Waals surface area contributed by atoms with Crippen molar-refractivity contribution in [2.24, 2.45) is 0 Å². The molecule has 7 nitrogen and oxygen atoms in total. The van der Waals surface area contributed by atoms with Crippen molar-refractivity contribution in [2.45, 2.75) is 37.8 Å². The van der Waals surface area contributed by atoms with Gasteiger partial charge in [-0.3, -0.25) is 0 Å². The number of aromatic nitrogens is 2. The van der Waals surface area contributed by atoms with Crippen molar-refractivity contribution in [3.05, 3.63) is 60.2 Å². The van der Waals surface area contributed by atoms with Gasteiger partial charge in [0.1, 0.15) is 18.3 Å². The van der Waals surface area contributed by atoms with Crippen molar-refractivity contribution < 1.29 is 24.4 Å². The van der Waals surface area contributed by atoms with E-state index in [4.69, 9.17) is 14.2 Å². The zero-order valence-corrected chi connectivity index (χ0v) is 18.6. The summed E-state index contributed by atoms with van der Waals surface area (Å²) >= 11 is 0. The van der Waals surface area contributed by atoms with Crippen LogP contribution in [0.4, 0.5) is 0 Å². The summed E-state index contributed by atoms with van der Waals surface area (Å²) < 4.78 is 19.1. The van der Waals surface area contributed by atoms with Gasteiger partial charge in [-0.2, -0.15) is 0 Å². The van der Waals surface area contributed by atoms with Gasteiger partial charge < -0.3 is 34.0 Å². The maximum atomic E-state index is 11.2. The molecule has 0 bridgehead atoms. The highest BCUT2D eigenvalue weighted by Gasteiger charge is 2.46. The molecule has 1 saturated heterocycles. The molecule has 33 heavy (non-hydrogen) atoms. The summed E-state index contributed by atoms with van der Waals surface area (Å²) in [4.78, 5) is 3.58. The third-order valence-corrected chi connectivity index (χ3v) is 6.93. The first-order chi connectivity index (χ1) is 16.0. The second-order valence-electron chi connectivity index (χ2n) is 8.71. The summed E-state index contributed by atoms with van der Waals surface area (Å²) in [6.07, 6.45) is -4.92. The minimum Gasteiger partial charge on any atom is -0.387 e. The Labute approximate surface area is 190 Å². The number of ether oxygens (including phenoxy) is 3. The van der Waals surface area contributed by atoms with E-state index >= 15 is 0 Å². The number of benzene rings is 3. The molecule has 6 rings (SSSR count). The van der Waals surface area contributed by atoms with Gasteiger partial charge in [-0.1, -0.05) is 36.4 Å². The quantitative estimate of drug-likeness (QED) is 0.390. The Morgan fingerprint density at radius 3 is 2.39 bits per heavy atom. The monoisotopic (exact) mass is 446 g/mol. The van der Waals surface area contributed by atoms with Crippen LogP contribution in [0.3, 0.4) is 0 Å². The molecule has 0 saturated carbocycles. The molecule has 170 valence electrons. The summed E-state index contributed by atoms with van der Waals surface area (Å²) in [6.45, 7) is 2.10. The minimum absolute atomic E-state index is 0.802. The van der Waals surface area contributed by atoms with E-state index in [9.17, 15) is 10.2 Å². The number of aliphatic hydroxyl groups excluding tert-OH is 2. The van der Waals surface area contributed by atoms with Crippen LogP contribution in [0, 0.1) is 6.92 Å². The first-order valence-electron chi connectivity index (χ1n) is 11.0. The van der Waals surface area contributed by atoms with E-state index in [2.05, 4.69) is 36.2 Å². The van der Waals surface area contributed by atoms with E-state index in [1.54, 1.807) is 0 Å². The zero-order chi connectivity index (χ0) is 22.9. The first-order valence-corrected chi connectivity index (χ1v) is 11.0. The second-order valence-corrected chi connectivity index (χ2v) is 8.71. The maximum absolute atomic E-state index is 11.2. The second kappa shape index (κ2) is 7.55. The van der Waals surface area contributed by atoms with Crippen molar-refractivity contribution >= 4 is 43.6 Å². The van der Waals surface area contributed by atoms with Crippen molar-refractivity contribution in [1.29, 1.82) is 0 Å². The van der Waals surface area contributed by atoms with Crippen molar-refractivity contribution in [3.8, 4) is 0 Å². The smallest absolute Gasteiger partial charge is 0.188 e. The molecule has 1 fully saturated rings. The number of aryl methyl sites for hydroxylation is 1. The Kier molecular flexibility index (Phi) is 4.72. The third-order valence-electron chi connectivity index (χ3n) is 6.93. The molecule has 1 unspecified atom stereocenters. The molecule has 0 radical (unpaired) electrons. The predicted octanol–water partition coefficient (Wildman–Crippen LogP) is 3.98. The highest BCUT2D eigenvalue weighted by molar-refractivity contribution is 6.23. The fraction of sp³-hybridized carbons (Fsp3) is 0.308. The standard InChI is InChI=1S/C26H26N2O5/c1-13-12-16-14-8-4-6-10-17(14)27-20(16)21-19(13)15-9-5-7-11-18(15)28(21)25-23(30)22(29)24(31-2)26(32-3)33-25/h4-12,22-27,29-30H,1-3H3/t22-,23-,24-,25?,26+/m0/s1. The Balaban J connectivity index is 1.73. The molecule has 0 amide bonds. The number of fused-ring (bicyclic) bond motifs is 7. The van der Waals surface area contributed by atoms with E-state index in [0.29, 0.717) is 0 Å². The van der Waals surface area contributed by atoms with Crippen LogP contribution >= 0.6 is 0 Å². The van der Waals surface area contributed by atoms with Crippen LogP contribution in [0.5, 0.6) is 0 Å². The molecule has 3 N–H and O–H groups in total. The lowest BCUT2D eigenvalue weighted by Gasteiger charge is -2.42. The number of nitrogens with zero attached hydrogens (tertiary/aromatic N) is 1. The highest BCUT2D eigenvalue weighted by atomic mass is 16.7. The average molecular weight is 447 g/mol. The largest absolute Gasteiger partial charge is 0.387 e. The number of hydrogen-bond acceptors (Lipinski definition) is 5. The van der Waals surface area contributed by atoms with Crippen LogP contribution in [0.2, 0.25) is 0 Å². The van der Waals surface area contributed by atoms with E-state index in [0.717, 1.165) is 49.2 Å². The molecule has 3 aromatic carbocycles. The number of methoxy groups -OCH3 is 2. The molecule has 0 aliphatic carbocycles. The summed E-state index contributed by atoms with van der Waals surface area (Å²) in [5.41, 5.74) is 4.95. The number of H-pyrrole nitrogens is 1. The number of para-hydroxylation sites is 2. The molecule has 3 heterocycles. The van der Waals surface area contributed by atoms with E-state index in [-0.39, 0.29) is 0 Å². The van der Waals surface area contributed by atoms with Gasteiger partial charge in [-0.15, -0.1) is 0 Å². The molecule has 0 spiro atoms. The number of hydrogen-bond donors (Lipinski definition) is 3. The lowest BCUT2D eigenvalue weighted by Crippen LogP contribution is -2.56. The highest BCUT2D eigenvalue weighted by Crippen LogP contribution is 2.43. The molecule has 5 atom stereocenters. The predicted molar refractivity (Wildman–Crippen MR) is 127 cm³/mol. The van der Waals surface area contributed by atoms with Gasteiger partial charge in [0.05, 0.1) is 16.6 Å². The van der Waals surface area contributed by atoms with Crippen LogP contribution < -0.4 is 0 Å².